The van der Waals surface area contributed by atoms with Crippen LogP contribution in [0.4, 0.5) is 13.2 Å². The third kappa shape index (κ3) is 2.34. The number of halogens is 3. The fourth-order valence-electron chi connectivity index (χ4n) is 3.77. The Hall–Kier alpha value is -2.70. The number of amidine groups is 1. The summed E-state index contributed by atoms with van der Waals surface area (Å²) in [4.78, 5) is 21.2. The molecule has 0 bridgehead atoms. The highest BCUT2D eigenvalue weighted by Crippen LogP contribution is 2.53. The van der Waals surface area contributed by atoms with E-state index in [9.17, 15) is 18.0 Å². The van der Waals surface area contributed by atoms with Crippen LogP contribution >= 0.6 is 0 Å². The van der Waals surface area contributed by atoms with E-state index in [0.717, 1.165) is 18.9 Å². The van der Waals surface area contributed by atoms with E-state index in [-0.39, 0.29) is 23.4 Å². The number of nitrogens with one attached hydrogen (secondary N) is 1. The highest BCUT2D eigenvalue weighted by atomic mass is 19.4. The van der Waals surface area contributed by atoms with Crippen LogP contribution in [0.5, 0.6) is 0 Å². The molecule has 1 aliphatic carbocycles. The number of alkyl halides is 3. The summed E-state index contributed by atoms with van der Waals surface area (Å²) >= 11 is 0. The number of aromatic nitrogens is 1. The number of fused-ring (bicyclic) bond motifs is 1. The molecule has 0 spiro atoms. The second kappa shape index (κ2) is 5.65. The first-order valence-electron chi connectivity index (χ1n) is 8.32. The van der Waals surface area contributed by atoms with Crippen LogP contribution in [0.25, 0.3) is 0 Å². The van der Waals surface area contributed by atoms with Gasteiger partial charge in [-0.05, 0) is 36.5 Å². The van der Waals surface area contributed by atoms with E-state index in [1.807, 2.05) is 6.07 Å². The summed E-state index contributed by atoms with van der Waals surface area (Å²) in [7, 11) is 1.49. The third-order valence-electron chi connectivity index (χ3n) is 5.05. The zero-order valence-corrected chi connectivity index (χ0v) is 14.0. The van der Waals surface area contributed by atoms with Crippen LogP contribution in [0.1, 0.15) is 35.4 Å². The van der Waals surface area contributed by atoms with Crippen LogP contribution in [-0.2, 0) is 16.4 Å². The van der Waals surface area contributed by atoms with Gasteiger partial charge in [-0.25, -0.2) is 4.98 Å². The molecule has 2 heterocycles. The number of rotatable bonds is 2. The van der Waals surface area contributed by atoms with Crippen molar-refractivity contribution in [2.24, 2.45) is 10.9 Å². The first-order valence-corrected chi connectivity index (χ1v) is 8.32. The first kappa shape index (κ1) is 16.8. The number of pyridine rings is 1. The number of benzene rings is 1. The molecule has 1 saturated carbocycles. The molecule has 1 aliphatic heterocycles. The van der Waals surface area contributed by atoms with E-state index in [4.69, 9.17) is 0 Å². The Bertz CT molecular complexity index is 904. The van der Waals surface area contributed by atoms with Gasteiger partial charge < -0.3 is 5.32 Å². The molecule has 1 N–H and O–H groups in total. The van der Waals surface area contributed by atoms with E-state index in [1.54, 1.807) is 24.3 Å². The minimum atomic E-state index is -4.58. The van der Waals surface area contributed by atoms with Gasteiger partial charge >= 0.3 is 6.18 Å². The zero-order chi connectivity index (χ0) is 18.5. The minimum absolute atomic E-state index is 0.0851. The van der Waals surface area contributed by atoms with Crippen LogP contribution in [0.15, 0.2) is 47.5 Å². The third-order valence-corrected chi connectivity index (χ3v) is 5.05. The number of nitrogens with zero attached hydrogens (tertiary/aromatic N) is 2. The lowest BCUT2D eigenvalue weighted by Gasteiger charge is -2.38. The average molecular weight is 359 g/mol. The van der Waals surface area contributed by atoms with Crippen molar-refractivity contribution in [3.8, 4) is 0 Å². The molecule has 0 unspecified atom stereocenters. The van der Waals surface area contributed by atoms with Gasteiger partial charge in [0.15, 0.2) is 0 Å². The molecule has 1 atom stereocenters. The van der Waals surface area contributed by atoms with Crippen molar-refractivity contribution in [2.45, 2.75) is 24.4 Å². The van der Waals surface area contributed by atoms with Crippen molar-refractivity contribution >= 4 is 11.7 Å². The molecule has 1 aromatic heterocycles. The molecule has 1 amide bonds. The number of hydrogen-bond donors (Lipinski definition) is 1. The van der Waals surface area contributed by atoms with E-state index >= 15 is 0 Å². The zero-order valence-electron chi connectivity index (χ0n) is 14.0. The fourth-order valence-corrected chi connectivity index (χ4v) is 3.77. The van der Waals surface area contributed by atoms with Crippen molar-refractivity contribution in [3.05, 3.63) is 65.0 Å². The molecule has 1 aromatic carbocycles. The standard InChI is InChI=1S/C19H16F3N3O/c1-23-16-13-9-10-14(19(20,21)22)24-15(13)18(12-7-8-12,17(26)25-16)11-5-3-2-4-6-11/h2-6,9-10,12H,7-8H2,1H3,(H,23,25,26)/t18-/m0/s1. The Kier molecular flexibility index (Phi) is 3.64. The van der Waals surface area contributed by atoms with Crippen molar-refractivity contribution in [3.63, 3.8) is 0 Å². The highest BCUT2D eigenvalue weighted by molar-refractivity contribution is 6.16. The number of hydrogen-bond acceptors (Lipinski definition) is 3. The SMILES string of the molecule is CN=C1NC(=O)[C@@](c2ccccc2)(C2CC2)c2nc(C(F)(F)F)ccc21. The van der Waals surface area contributed by atoms with Gasteiger partial charge in [-0.2, -0.15) is 13.2 Å². The quantitative estimate of drug-likeness (QED) is 0.895. The summed E-state index contributed by atoms with van der Waals surface area (Å²) in [6.45, 7) is 0. The molecule has 4 nitrogen and oxygen atoms in total. The molecule has 7 heteroatoms. The lowest BCUT2D eigenvalue weighted by molar-refractivity contribution is -0.141. The topological polar surface area (TPSA) is 54.4 Å². The summed E-state index contributed by atoms with van der Waals surface area (Å²) in [6.07, 6.45) is -3.06. The maximum absolute atomic E-state index is 13.3. The van der Waals surface area contributed by atoms with Gasteiger partial charge in [-0.15, -0.1) is 0 Å². The van der Waals surface area contributed by atoms with Gasteiger partial charge in [0, 0.05) is 12.6 Å². The van der Waals surface area contributed by atoms with E-state index in [1.165, 1.54) is 13.1 Å². The number of carbonyl (C=O) groups is 1. The number of aliphatic imine (C=N–C) groups is 1. The summed E-state index contributed by atoms with van der Waals surface area (Å²) in [5, 5.41) is 2.78. The predicted octanol–water partition coefficient (Wildman–Crippen LogP) is 3.30. The average Bonchev–Trinajstić information content (AvgIpc) is 3.46. The van der Waals surface area contributed by atoms with Crippen molar-refractivity contribution in [2.75, 3.05) is 7.05 Å². The van der Waals surface area contributed by atoms with Crippen LogP contribution in [0.3, 0.4) is 0 Å². The van der Waals surface area contributed by atoms with Crippen molar-refractivity contribution < 1.29 is 18.0 Å². The van der Waals surface area contributed by atoms with E-state index in [2.05, 4.69) is 15.3 Å². The Morgan fingerprint density at radius 3 is 2.42 bits per heavy atom. The molecule has 0 saturated heterocycles. The predicted molar refractivity (Wildman–Crippen MR) is 89.8 cm³/mol. The van der Waals surface area contributed by atoms with Gasteiger partial charge in [0.1, 0.15) is 16.9 Å². The maximum Gasteiger partial charge on any atom is 0.433 e. The molecule has 0 radical (unpaired) electrons. The highest BCUT2D eigenvalue weighted by Gasteiger charge is 2.58. The lowest BCUT2D eigenvalue weighted by Crippen LogP contribution is -2.55. The van der Waals surface area contributed by atoms with Crippen molar-refractivity contribution in [1.29, 1.82) is 0 Å². The summed E-state index contributed by atoms with van der Waals surface area (Å²) < 4.78 is 39.9. The molecule has 26 heavy (non-hydrogen) atoms. The van der Waals surface area contributed by atoms with Gasteiger partial charge in [0.2, 0.25) is 5.91 Å². The largest absolute Gasteiger partial charge is 0.433 e. The molecule has 134 valence electrons. The van der Waals surface area contributed by atoms with Crippen LogP contribution < -0.4 is 5.32 Å². The van der Waals surface area contributed by atoms with Gasteiger partial charge in [-0.3, -0.25) is 9.79 Å². The van der Waals surface area contributed by atoms with E-state index in [0.29, 0.717) is 11.1 Å². The Labute approximate surface area is 148 Å². The van der Waals surface area contributed by atoms with E-state index < -0.39 is 17.3 Å². The Morgan fingerprint density at radius 2 is 1.85 bits per heavy atom. The fraction of sp³-hybridized carbons (Fsp3) is 0.316. The summed E-state index contributed by atoms with van der Waals surface area (Å²) in [5.41, 5.74) is -0.988. The molecular formula is C19H16F3N3O. The monoisotopic (exact) mass is 359 g/mol. The summed E-state index contributed by atoms with van der Waals surface area (Å²) in [6, 6.07) is 11.2. The first-order chi connectivity index (χ1) is 12.4. The maximum atomic E-state index is 13.3. The number of amides is 1. The lowest BCUT2D eigenvalue weighted by atomic mass is 9.69. The molecule has 2 aliphatic rings. The molecule has 1 fully saturated rings. The Morgan fingerprint density at radius 1 is 1.15 bits per heavy atom. The molecular weight excluding hydrogens is 343 g/mol. The summed E-state index contributed by atoms with van der Waals surface area (Å²) in [5.74, 6) is -0.206. The normalized spacial score (nSPS) is 24.3. The smallest absolute Gasteiger partial charge is 0.309 e. The number of carbonyl (C=O) groups excluding carboxylic acids is 1. The van der Waals surface area contributed by atoms with Crippen LogP contribution in [0.2, 0.25) is 0 Å². The van der Waals surface area contributed by atoms with Gasteiger partial charge in [0.25, 0.3) is 0 Å². The van der Waals surface area contributed by atoms with Crippen LogP contribution in [-0.4, -0.2) is 23.8 Å². The molecule has 2 aromatic rings. The Balaban J connectivity index is 2.06. The van der Waals surface area contributed by atoms with Gasteiger partial charge in [-0.1, -0.05) is 30.3 Å². The van der Waals surface area contributed by atoms with Gasteiger partial charge in [0.05, 0.1) is 5.69 Å². The second-order valence-electron chi connectivity index (χ2n) is 6.57. The minimum Gasteiger partial charge on any atom is -0.309 e. The van der Waals surface area contributed by atoms with Crippen molar-refractivity contribution in [1.82, 2.24) is 10.3 Å². The van der Waals surface area contributed by atoms with Crippen LogP contribution in [0, 0.1) is 5.92 Å². The second-order valence-corrected chi connectivity index (χ2v) is 6.57. The molecule has 4 rings (SSSR count).